The van der Waals surface area contributed by atoms with Crippen molar-refractivity contribution in [3.63, 3.8) is 0 Å². The fourth-order valence-corrected chi connectivity index (χ4v) is 5.11. The van der Waals surface area contributed by atoms with E-state index in [0.717, 1.165) is 29.6 Å². The van der Waals surface area contributed by atoms with Crippen LogP contribution in [-0.4, -0.2) is 13.2 Å². The van der Waals surface area contributed by atoms with E-state index in [9.17, 15) is 0 Å². The Morgan fingerprint density at radius 2 is 1.28 bits per heavy atom. The highest BCUT2D eigenvalue weighted by Crippen LogP contribution is 2.50. The monoisotopic (exact) mass is 250 g/mol. The fraction of sp³-hybridized carbons (Fsp3) is 1.00. The van der Waals surface area contributed by atoms with Crippen molar-refractivity contribution in [3.05, 3.63) is 0 Å². The van der Waals surface area contributed by atoms with Crippen molar-refractivity contribution in [3.8, 4) is 0 Å². The molecule has 0 amide bonds. The zero-order valence-electron chi connectivity index (χ0n) is 12.2. The van der Waals surface area contributed by atoms with Gasteiger partial charge in [0.2, 0.25) is 0 Å². The molecule has 4 unspecified atom stereocenters. The van der Waals surface area contributed by atoms with Gasteiger partial charge in [-0.3, -0.25) is 0 Å². The number of fused-ring (bicyclic) bond motifs is 1. The standard InChI is InChI=1S/C17H30O/c1-12-3-5-13(6-4-12)15-9-14-7-8-17(18-2)11-16(14)10-15/h12-17H,3-11H2,1-2H3. The molecule has 1 nitrogen and oxygen atoms in total. The van der Waals surface area contributed by atoms with Crippen molar-refractivity contribution in [2.24, 2.45) is 29.6 Å². The van der Waals surface area contributed by atoms with E-state index in [2.05, 4.69) is 6.92 Å². The van der Waals surface area contributed by atoms with Gasteiger partial charge in [-0.15, -0.1) is 0 Å². The van der Waals surface area contributed by atoms with Crippen molar-refractivity contribution < 1.29 is 4.74 Å². The average molecular weight is 250 g/mol. The van der Waals surface area contributed by atoms with Crippen LogP contribution < -0.4 is 0 Å². The van der Waals surface area contributed by atoms with E-state index in [-0.39, 0.29) is 0 Å². The van der Waals surface area contributed by atoms with Gasteiger partial charge in [0, 0.05) is 7.11 Å². The van der Waals surface area contributed by atoms with Crippen molar-refractivity contribution in [1.82, 2.24) is 0 Å². The Hall–Kier alpha value is -0.0400. The first kappa shape index (κ1) is 13.0. The van der Waals surface area contributed by atoms with Gasteiger partial charge in [0.05, 0.1) is 6.10 Å². The summed E-state index contributed by atoms with van der Waals surface area (Å²) in [5, 5.41) is 0. The molecule has 0 heterocycles. The summed E-state index contributed by atoms with van der Waals surface area (Å²) >= 11 is 0. The number of rotatable bonds is 2. The van der Waals surface area contributed by atoms with Crippen molar-refractivity contribution in [2.75, 3.05) is 7.11 Å². The largest absolute Gasteiger partial charge is 0.381 e. The van der Waals surface area contributed by atoms with Crippen LogP contribution in [0.15, 0.2) is 0 Å². The molecule has 0 spiro atoms. The molecule has 4 atom stereocenters. The van der Waals surface area contributed by atoms with Crippen LogP contribution in [-0.2, 0) is 4.74 Å². The molecule has 3 rings (SSSR count). The van der Waals surface area contributed by atoms with Crippen LogP contribution in [0.2, 0.25) is 0 Å². The van der Waals surface area contributed by atoms with Crippen LogP contribution in [0.25, 0.3) is 0 Å². The van der Waals surface area contributed by atoms with Gasteiger partial charge in [-0.25, -0.2) is 0 Å². The van der Waals surface area contributed by atoms with Gasteiger partial charge in [0.25, 0.3) is 0 Å². The smallest absolute Gasteiger partial charge is 0.0574 e. The Kier molecular flexibility index (Phi) is 3.98. The van der Waals surface area contributed by atoms with Gasteiger partial charge < -0.3 is 4.74 Å². The predicted molar refractivity (Wildman–Crippen MR) is 75.5 cm³/mol. The van der Waals surface area contributed by atoms with Crippen LogP contribution in [0.4, 0.5) is 0 Å². The van der Waals surface area contributed by atoms with E-state index in [1.165, 1.54) is 51.4 Å². The van der Waals surface area contributed by atoms with E-state index in [1.54, 1.807) is 6.42 Å². The Bertz CT molecular complexity index is 267. The van der Waals surface area contributed by atoms with Crippen LogP contribution >= 0.6 is 0 Å². The molecular formula is C17H30O. The lowest BCUT2D eigenvalue weighted by molar-refractivity contribution is 0.0366. The van der Waals surface area contributed by atoms with Gasteiger partial charge in [-0.2, -0.15) is 0 Å². The average Bonchev–Trinajstić information content (AvgIpc) is 2.82. The first-order chi connectivity index (χ1) is 8.76. The van der Waals surface area contributed by atoms with Crippen LogP contribution in [0.5, 0.6) is 0 Å². The topological polar surface area (TPSA) is 9.23 Å². The number of hydrogen-bond acceptors (Lipinski definition) is 1. The summed E-state index contributed by atoms with van der Waals surface area (Å²) in [5.74, 6) is 5.22. The quantitative estimate of drug-likeness (QED) is 0.693. The molecule has 0 saturated heterocycles. The molecule has 0 aromatic carbocycles. The lowest BCUT2D eigenvalue weighted by Crippen LogP contribution is -2.25. The Labute approximate surface area is 113 Å². The summed E-state index contributed by atoms with van der Waals surface area (Å²) in [4.78, 5) is 0. The first-order valence-corrected chi connectivity index (χ1v) is 8.29. The molecular weight excluding hydrogens is 220 g/mol. The molecule has 0 bridgehead atoms. The summed E-state index contributed by atoms with van der Waals surface area (Å²) in [6, 6.07) is 0. The maximum absolute atomic E-state index is 5.59. The van der Waals surface area contributed by atoms with Crippen LogP contribution in [0.3, 0.4) is 0 Å². The van der Waals surface area contributed by atoms with Gasteiger partial charge in [-0.05, 0) is 74.5 Å². The fourth-order valence-electron chi connectivity index (χ4n) is 5.11. The molecule has 3 saturated carbocycles. The number of methoxy groups -OCH3 is 1. The lowest BCUT2D eigenvalue weighted by Gasteiger charge is -2.31. The third kappa shape index (κ3) is 2.61. The summed E-state index contributed by atoms with van der Waals surface area (Å²) in [6.45, 7) is 2.44. The first-order valence-electron chi connectivity index (χ1n) is 8.29. The van der Waals surface area contributed by atoms with E-state index < -0.39 is 0 Å². The minimum Gasteiger partial charge on any atom is -0.381 e. The maximum atomic E-state index is 5.59. The maximum Gasteiger partial charge on any atom is 0.0574 e. The van der Waals surface area contributed by atoms with Gasteiger partial charge in [0.15, 0.2) is 0 Å². The summed E-state index contributed by atoms with van der Waals surface area (Å²) in [7, 11) is 1.90. The Morgan fingerprint density at radius 1 is 0.667 bits per heavy atom. The van der Waals surface area contributed by atoms with Gasteiger partial charge in [0.1, 0.15) is 0 Å². The zero-order valence-corrected chi connectivity index (χ0v) is 12.2. The van der Waals surface area contributed by atoms with E-state index in [0.29, 0.717) is 6.10 Å². The molecule has 0 aromatic heterocycles. The molecule has 104 valence electrons. The van der Waals surface area contributed by atoms with E-state index >= 15 is 0 Å². The minimum atomic E-state index is 0.580. The van der Waals surface area contributed by atoms with Crippen LogP contribution in [0, 0.1) is 29.6 Å². The normalized spacial score (nSPS) is 49.0. The van der Waals surface area contributed by atoms with Gasteiger partial charge in [-0.1, -0.05) is 19.8 Å². The molecule has 0 aliphatic heterocycles. The minimum absolute atomic E-state index is 0.580. The highest BCUT2D eigenvalue weighted by molar-refractivity contribution is 4.92. The molecule has 1 heteroatoms. The molecule has 0 N–H and O–H groups in total. The number of ether oxygens (including phenoxy) is 1. The van der Waals surface area contributed by atoms with Crippen molar-refractivity contribution in [2.45, 2.75) is 70.8 Å². The second-order valence-electron chi connectivity index (χ2n) is 7.44. The molecule has 3 fully saturated rings. The number of hydrogen-bond donors (Lipinski definition) is 0. The molecule has 3 aliphatic carbocycles. The summed E-state index contributed by atoms with van der Waals surface area (Å²) in [6.07, 6.45) is 13.8. The third-order valence-corrected chi connectivity index (χ3v) is 6.36. The highest BCUT2D eigenvalue weighted by Gasteiger charge is 2.41. The Balaban J connectivity index is 1.54. The summed E-state index contributed by atoms with van der Waals surface area (Å²) in [5.41, 5.74) is 0. The lowest BCUT2D eigenvalue weighted by atomic mass is 9.75. The van der Waals surface area contributed by atoms with E-state index in [1.807, 2.05) is 7.11 Å². The molecule has 3 aliphatic rings. The second kappa shape index (κ2) is 5.53. The predicted octanol–water partition coefficient (Wildman–Crippen LogP) is 4.65. The SMILES string of the molecule is COC1CCC2CC(C3CCC(C)CC3)CC2C1. The molecule has 0 aromatic rings. The van der Waals surface area contributed by atoms with Crippen LogP contribution in [0.1, 0.15) is 64.7 Å². The molecule has 18 heavy (non-hydrogen) atoms. The third-order valence-electron chi connectivity index (χ3n) is 6.36. The summed E-state index contributed by atoms with van der Waals surface area (Å²) < 4.78 is 5.59. The van der Waals surface area contributed by atoms with Crippen molar-refractivity contribution >= 4 is 0 Å². The van der Waals surface area contributed by atoms with Gasteiger partial charge >= 0.3 is 0 Å². The second-order valence-corrected chi connectivity index (χ2v) is 7.44. The highest BCUT2D eigenvalue weighted by atomic mass is 16.5. The molecule has 0 radical (unpaired) electrons. The zero-order chi connectivity index (χ0) is 12.5. The van der Waals surface area contributed by atoms with Crippen molar-refractivity contribution in [1.29, 1.82) is 0 Å². The van der Waals surface area contributed by atoms with E-state index in [4.69, 9.17) is 4.74 Å². The Morgan fingerprint density at radius 3 is 2.00 bits per heavy atom.